The average molecular weight is 558 g/mol. The Kier molecular flexibility index (Phi) is 9.28. The zero-order valence-corrected chi connectivity index (χ0v) is 22.1. The second-order valence-electron chi connectivity index (χ2n) is 7.87. The number of anilines is 2. The molecule has 14 heteroatoms. The summed E-state index contributed by atoms with van der Waals surface area (Å²) in [6, 6.07) is 8.67. The first-order chi connectivity index (χ1) is 18.6. The number of hydrogen-bond acceptors (Lipinski definition) is 11. The topological polar surface area (TPSA) is 196 Å². The molecule has 0 saturated heterocycles. The Bertz CT molecular complexity index is 1380. The third kappa shape index (κ3) is 6.35. The monoisotopic (exact) mass is 557 g/mol. The molecule has 3 amide bonds. The van der Waals surface area contributed by atoms with Crippen molar-refractivity contribution in [1.29, 1.82) is 0 Å². The summed E-state index contributed by atoms with van der Waals surface area (Å²) in [5, 5.41) is 12.3. The summed E-state index contributed by atoms with van der Waals surface area (Å²) < 4.78 is 19.6. The number of nitrogens with one attached hydrogen (secondary N) is 1. The quantitative estimate of drug-likeness (QED) is 0.251. The van der Waals surface area contributed by atoms with Crippen LogP contribution in [-0.4, -0.2) is 60.5 Å². The fraction of sp³-hybridized carbons (Fsp3) is 0.240. The number of phenols is 1. The number of hydrogen-bond donors (Lipinski definition) is 4. The van der Waals surface area contributed by atoms with E-state index in [4.69, 9.17) is 25.7 Å². The van der Waals surface area contributed by atoms with Crippen molar-refractivity contribution in [1.82, 2.24) is 9.69 Å². The van der Waals surface area contributed by atoms with E-state index in [1.807, 2.05) is 0 Å². The summed E-state index contributed by atoms with van der Waals surface area (Å²) in [5.41, 5.74) is 11.2. The fourth-order valence-corrected chi connectivity index (χ4v) is 4.37. The van der Waals surface area contributed by atoms with Gasteiger partial charge in [0.2, 0.25) is 5.91 Å². The molecule has 0 bridgehead atoms. The molecule has 0 radical (unpaired) electrons. The molecule has 3 aromatic rings. The number of aromatic nitrogens is 1. The van der Waals surface area contributed by atoms with Crippen molar-refractivity contribution >= 4 is 46.6 Å². The van der Waals surface area contributed by atoms with Crippen LogP contribution in [0.15, 0.2) is 42.5 Å². The average Bonchev–Trinajstić information content (AvgIpc) is 3.32. The largest absolute Gasteiger partial charge is 0.508 e. The van der Waals surface area contributed by atoms with Gasteiger partial charge in [0.15, 0.2) is 5.69 Å². The SMILES string of the molecule is CCOC(=O)CNC(=O)C(c1ccc(O)cc1)N(C(=O)c1snc(C(N)=O)c1N)c1ccc(OC)cc1OC. The Labute approximate surface area is 227 Å². The van der Waals surface area contributed by atoms with Crippen LogP contribution in [0.5, 0.6) is 17.2 Å². The maximum absolute atomic E-state index is 14.1. The lowest BCUT2D eigenvalue weighted by Crippen LogP contribution is -2.45. The predicted octanol–water partition coefficient (Wildman–Crippen LogP) is 1.61. The number of benzene rings is 2. The number of amides is 3. The number of phenolic OH excluding ortho intramolecular Hbond substituents is 1. The molecule has 1 aromatic heterocycles. The molecular weight excluding hydrogens is 530 g/mol. The smallest absolute Gasteiger partial charge is 0.325 e. The normalized spacial score (nSPS) is 11.3. The summed E-state index contributed by atoms with van der Waals surface area (Å²) in [4.78, 5) is 52.4. The van der Waals surface area contributed by atoms with Gasteiger partial charge in [-0.15, -0.1) is 0 Å². The van der Waals surface area contributed by atoms with Crippen molar-refractivity contribution in [3.63, 3.8) is 0 Å². The minimum absolute atomic E-state index is 0.0814. The minimum Gasteiger partial charge on any atom is -0.508 e. The highest BCUT2D eigenvalue weighted by molar-refractivity contribution is 7.09. The summed E-state index contributed by atoms with van der Waals surface area (Å²) in [6.07, 6.45) is 0. The third-order valence-electron chi connectivity index (χ3n) is 5.45. The lowest BCUT2D eigenvalue weighted by atomic mass is 10.0. The highest BCUT2D eigenvalue weighted by atomic mass is 32.1. The number of carbonyl (C=O) groups is 4. The molecule has 0 spiro atoms. The Morgan fingerprint density at radius 3 is 2.36 bits per heavy atom. The molecule has 0 aliphatic heterocycles. The van der Waals surface area contributed by atoms with Gasteiger partial charge in [-0.25, -0.2) is 0 Å². The number of aromatic hydroxyl groups is 1. The maximum Gasteiger partial charge on any atom is 0.325 e. The molecule has 1 heterocycles. The van der Waals surface area contributed by atoms with Gasteiger partial charge in [0.1, 0.15) is 34.7 Å². The van der Waals surface area contributed by atoms with E-state index in [9.17, 15) is 24.3 Å². The molecule has 3 rings (SSSR count). The van der Waals surface area contributed by atoms with E-state index in [0.29, 0.717) is 17.3 Å². The molecule has 1 atom stereocenters. The van der Waals surface area contributed by atoms with Crippen LogP contribution in [0.1, 0.15) is 38.7 Å². The summed E-state index contributed by atoms with van der Waals surface area (Å²) in [6.45, 7) is 1.25. The van der Waals surface area contributed by atoms with Crippen LogP contribution in [0.4, 0.5) is 11.4 Å². The highest BCUT2D eigenvalue weighted by Gasteiger charge is 2.37. The van der Waals surface area contributed by atoms with Crippen molar-refractivity contribution in [2.75, 3.05) is 38.0 Å². The van der Waals surface area contributed by atoms with Gasteiger partial charge in [0, 0.05) is 6.07 Å². The number of primary amides is 1. The van der Waals surface area contributed by atoms with Crippen LogP contribution < -0.4 is 31.2 Å². The van der Waals surface area contributed by atoms with Crippen molar-refractivity contribution in [3.05, 3.63) is 58.6 Å². The lowest BCUT2D eigenvalue weighted by molar-refractivity contribution is -0.143. The van der Waals surface area contributed by atoms with Gasteiger partial charge in [0.25, 0.3) is 11.8 Å². The van der Waals surface area contributed by atoms with Crippen molar-refractivity contribution in [2.45, 2.75) is 13.0 Å². The van der Waals surface area contributed by atoms with Gasteiger partial charge in [-0.2, -0.15) is 4.37 Å². The minimum atomic E-state index is -1.42. The van der Waals surface area contributed by atoms with Gasteiger partial charge in [-0.1, -0.05) is 12.1 Å². The molecule has 206 valence electrons. The van der Waals surface area contributed by atoms with Crippen molar-refractivity contribution in [3.8, 4) is 17.2 Å². The molecule has 0 aliphatic carbocycles. The van der Waals surface area contributed by atoms with Gasteiger partial charge in [-0.05, 0) is 48.3 Å². The van der Waals surface area contributed by atoms with Gasteiger partial charge < -0.3 is 36.1 Å². The Morgan fingerprint density at radius 2 is 1.79 bits per heavy atom. The van der Waals surface area contributed by atoms with Crippen molar-refractivity contribution < 1.29 is 38.5 Å². The number of methoxy groups -OCH3 is 2. The summed E-state index contributed by atoms with van der Waals surface area (Å²) in [7, 11) is 2.81. The first-order valence-electron chi connectivity index (χ1n) is 11.5. The highest BCUT2D eigenvalue weighted by Crippen LogP contribution is 2.40. The van der Waals surface area contributed by atoms with Crippen LogP contribution in [0.2, 0.25) is 0 Å². The maximum atomic E-state index is 14.1. The Hall–Kier alpha value is -4.85. The number of ether oxygens (including phenoxy) is 3. The van der Waals surface area contributed by atoms with Crippen LogP contribution in [0, 0.1) is 0 Å². The van der Waals surface area contributed by atoms with Crippen LogP contribution in [-0.2, 0) is 14.3 Å². The molecule has 0 fully saturated rings. The number of nitrogen functional groups attached to an aromatic ring is 1. The molecular formula is C25H27N5O8S. The second-order valence-corrected chi connectivity index (χ2v) is 8.64. The van der Waals surface area contributed by atoms with E-state index in [1.165, 1.54) is 50.6 Å². The molecule has 39 heavy (non-hydrogen) atoms. The fourth-order valence-electron chi connectivity index (χ4n) is 3.63. The van der Waals surface area contributed by atoms with E-state index >= 15 is 0 Å². The number of esters is 1. The van der Waals surface area contributed by atoms with Crippen LogP contribution >= 0.6 is 11.5 Å². The van der Waals surface area contributed by atoms with Gasteiger partial charge >= 0.3 is 5.97 Å². The van der Waals surface area contributed by atoms with Crippen LogP contribution in [0.3, 0.4) is 0 Å². The molecule has 0 aliphatic rings. The number of nitrogens with two attached hydrogens (primary N) is 2. The lowest BCUT2D eigenvalue weighted by Gasteiger charge is -2.32. The second kappa shape index (κ2) is 12.6. The van der Waals surface area contributed by atoms with E-state index in [2.05, 4.69) is 9.69 Å². The van der Waals surface area contributed by atoms with Crippen molar-refractivity contribution in [2.24, 2.45) is 5.73 Å². The van der Waals surface area contributed by atoms with Gasteiger partial charge in [0.05, 0.1) is 32.2 Å². The molecule has 6 N–H and O–H groups in total. The third-order valence-corrected chi connectivity index (χ3v) is 6.30. The van der Waals surface area contributed by atoms with Gasteiger partial charge in [-0.3, -0.25) is 24.1 Å². The predicted molar refractivity (Wildman–Crippen MR) is 142 cm³/mol. The Balaban J connectivity index is 2.24. The first-order valence-corrected chi connectivity index (χ1v) is 12.2. The summed E-state index contributed by atoms with van der Waals surface area (Å²) >= 11 is 0.630. The molecule has 13 nitrogen and oxygen atoms in total. The molecule has 2 aromatic carbocycles. The Morgan fingerprint density at radius 1 is 1.10 bits per heavy atom. The number of carbonyl (C=O) groups excluding carboxylic acids is 4. The van der Waals surface area contributed by atoms with E-state index < -0.39 is 36.3 Å². The van der Waals surface area contributed by atoms with E-state index in [-0.39, 0.29) is 45.6 Å². The zero-order chi connectivity index (χ0) is 28.7. The standard InChI is InChI=1S/C25H27N5O8S/c1-4-38-18(32)12-28-24(34)21(13-5-7-14(31)8-6-13)30(16-10-9-15(36-2)11-17(16)37-3)25(35)22-19(26)20(23(27)33)29-39-22/h5-11,21,31H,4,12,26H2,1-3H3,(H2,27,33)(H,28,34). The number of rotatable bonds is 11. The number of nitrogens with zero attached hydrogens (tertiary/aromatic N) is 2. The summed E-state index contributed by atoms with van der Waals surface area (Å²) in [5.74, 6) is -2.72. The van der Waals surface area contributed by atoms with Crippen LogP contribution in [0.25, 0.3) is 0 Å². The van der Waals surface area contributed by atoms with E-state index in [0.717, 1.165) is 4.90 Å². The molecule has 0 saturated carbocycles. The first kappa shape index (κ1) is 28.7. The zero-order valence-electron chi connectivity index (χ0n) is 21.3. The van der Waals surface area contributed by atoms with E-state index in [1.54, 1.807) is 13.0 Å². The molecule has 1 unspecified atom stereocenters.